The number of aryl methyl sites for hydroxylation is 1. The minimum atomic E-state index is -0.926. The summed E-state index contributed by atoms with van der Waals surface area (Å²) in [7, 11) is 0. The van der Waals surface area contributed by atoms with E-state index in [-0.39, 0.29) is 12.0 Å². The molecule has 0 amide bonds. The van der Waals surface area contributed by atoms with Crippen LogP contribution in [0.4, 0.5) is 0 Å². The van der Waals surface area contributed by atoms with Crippen LogP contribution >= 0.6 is 0 Å². The van der Waals surface area contributed by atoms with Crippen LogP contribution in [0.5, 0.6) is 0 Å². The first-order chi connectivity index (χ1) is 18.4. The van der Waals surface area contributed by atoms with Crippen LogP contribution in [0.2, 0.25) is 0 Å². The third-order valence-electron chi connectivity index (χ3n) is 6.90. The highest BCUT2D eigenvalue weighted by Crippen LogP contribution is 2.37. The van der Waals surface area contributed by atoms with E-state index in [1.165, 1.54) is 0 Å². The first kappa shape index (κ1) is 25.4. The van der Waals surface area contributed by atoms with Crippen molar-refractivity contribution >= 4 is 22.6 Å². The van der Waals surface area contributed by atoms with Gasteiger partial charge in [-0.05, 0) is 49.6 Å². The Bertz CT molecular complexity index is 1550. The minimum Gasteiger partial charge on any atom is -0.481 e. The molecular formula is C30H29N3O5. The molecule has 0 radical (unpaired) electrons. The zero-order valence-corrected chi connectivity index (χ0v) is 21.1. The Hall–Kier alpha value is -4.30. The van der Waals surface area contributed by atoms with Crippen LogP contribution in [-0.4, -0.2) is 37.0 Å². The van der Waals surface area contributed by atoms with Crippen molar-refractivity contribution in [1.82, 2.24) is 9.55 Å². The van der Waals surface area contributed by atoms with Crippen molar-refractivity contribution in [3.05, 3.63) is 106 Å². The highest BCUT2D eigenvalue weighted by molar-refractivity contribution is 6.04. The number of aromatic nitrogens is 2. The predicted octanol–water partition coefficient (Wildman–Crippen LogP) is 4.80. The third-order valence-corrected chi connectivity index (χ3v) is 6.90. The van der Waals surface area contributed by atoms with Crippen LogP contribution < -0.4 is 5.56 Å². The van der Waals surface area contributed by atoms with Crippen LogP contribution in [0.3, 0.4) is 0 Å². The lowest BCUT2D eigenvalue weighted by atomic mass is 9.87. The van der Waals surface area contributed by atoms with Gasteiger partial charge in [0.1, 0.15) is 11.9 Å². The second-order valence-corrected chi connectivity index (χ2v) is 9.77. The van der Waals surface area contributed by atoms with Crippen molar-refractivity contribution in [2.24, 2.45) is 5.16 Å². The van der Waals surface area contributed by atoms with E-state index in [2.05, 4.69) is 5.16 Å². The number of nitrogens with zero attached hydrogens (tertiary/aromatic N) is 3. The number of aliphatic carboxylic acids is 1. The minimum absolute atomic E-state index is 0.0702. The van der Waals surface area contributed by atoms with Gasteiger partial charge in [-0.1, -0.05) is 59.8 Å². The molecule has 194 valence electrons. The number of rotatable bonds is 9. The van der Waals surface area contributed by atoms with E-state index in [9.17, 15) is 14.7 Å². The zero-order chi connectivity index (χ0) is 26.7. The van der Waals surface area contributed by atoms with E-state index in [1.807, 2.05) is 79.7 Å². The summed E-state index contributed by atoms with van der Waals surface area (Å²) in [5, 5.41) is 24.7. The lowest BCUT2D eigenvalue weighted by Crippen LogP contribution is -2.33. The van der Waals surface area contributed by atoms with Gasteiger partial charge in [0, 0.05) is 24.8 Å². The molecule has 2 heterocycles. The maximum absolute atomic E-state index is 13.6. The highest BCUT2D eigenvalue weighted by atomic mass is 16.7. The molecule has 2 atom stereocenters. The number of hydrogen-bond acceptors (Lipinski definition) is 6. The molecule has 8 heteroatoms. The molecule has 38 heavy (non-hydrogen) atoms. The Morgan fingerprint density at radius 3 is 2.47 bits per heavy atom. The van der Waals surface area contributed by atoms with Crippen molar-refractivity contribution in [2.75, 3.05) is 0 Å². The van der Waals surface area contributed by atoms with E-state index >= 15 is 0 Å². The Balaban J connectivity index is 1.48. The first-order valence-corrected chi connectivity index (χ1v) is 12.7. The van der Waals surface area contributed by atoms with Crippen molar-refractivity contribution < 1.29 is 19.8 Å². The van der Waals surface area contributed by atoms with Gasteiger partial charge in [-0.3, -0.25) is 14.2 Å². The number of para-hydroxylation sites is 1. The summed E-state index contributed by atoms with van der Waals surface area (Å²) in [5.41, 5.74) is 2.32. The number of hydrogen-bond donors (Lipinski definition) is 2. The number of aliphatic hydroxyl groups is 1. The van der Waals surface area contributed by atoms with Crippen molar-refractivity contribution in [3.63, 3.8) is 0 Å². The molecule has 0 saturated heterocycles. The molecule has 3 aromatic carbocycles. The fraction of sp³-hybridized carbons (Fsp3) is 0.267. The fourth-order valence-electron chi connectivity index (χ4n) is 4.83. The molecule has 8 nitrogen and oxygen atoms in total. The van der Waals surface area contributed by atoms with Gasteiger partial charge in [0.15, 0.2) is 5.60 Å². The molecule has 0 bridgehead atoms. The number of benzene rings is 3. The van der Waals surface area contributed by atoms with Gasteiger partial charge < -0.3 is 15.1 Å². The molecule has 0 saturated carbocycles. The number of unbranched alkanes of at least 4 members (excludes halogenated alkanes) is 1. The molecule has 4 aromatic rings. The molecule has 0 aliphatic carbocycles. The number of carbonyl (C=O) groups is 1. The molecule has 5 rings (SSSR count). The second-order valence-electron chi connectivity index (χ2n) is 9.77. The summed E-state index contributed by atoms with van der Waals surface area (Å²) in [6.45, 7) is 1.83. The first-order valence-electron chi connectivity index (χ1n) is 12.7. The average Bonchev–Trinajstić information content (AvgIpc) is 3.34. The van der Waals surface area contributed by atoms with E-state index in [0.717, 1.165) is 11.1 Å². The SMILES string of the molecule is C[C@@]1(C(O)c2ccccc2)CC(c2ccc3c(=O)n(-c4ccccc4)c(CCCCC(=O)O)nc3c2)=NO1. The molecule has 1 aliphatic rings. The average molecular weight is 512 g/mol. The van der Waals surface area contributed by atoms with Crippen molar-refractivity contribution in [2.45, 2.75) is 50.7 Å². The fourth-order valence-corrected chi connectivity index (χ4v) is 4.83. The standard InChI is InChI=1S/C30H29N3O5/c1-30(28(36)20-10-4-2-5-11-20)19-25(32-38-30)21-16-17-23-24(18-21)31-26(14-8-9-15-27(34)35)33(29(23)37)22-12-6-3-7-13-22/h2-7,10-13,16-18,28,36H,8-9,14-15,19H2,1H3,(H,34,35)/t28?,30-/m0/s1. The molecule has 1 aromatic heterocycles. The Morgan fingerprint density at radius 1 is 1.05 bits per heavy atom. The normalized spacial score (nSPS) is 17.7. The summed E-state index contributed by atoms with van der Waals surface area (Å²) in [4.78, 5) is 35.2. The molecule has 2 N–H and O–H groups in total. The Kier molecular flexibility index (Phi) is 7.07. The molecule has 0 fully saturated rings. The zero-order valence-electron chi connectivity index (χ0n) is 21.1. The smallest absolute Gasteiger partial charge is 0.303 e. The quantitative estimate of drug-likeness (QED) is 0.312. The van der Waals surface area contributed by atoms with Gasteiger partial charge >= 0.3 is 5.97 Å². The number of carboxylic acids is 1. The maximum Gasteiger partial charge on any atom is 0.303 e. The van der Waals surface area contributed by atoms with E-state index in [1.54, 1.807) is 10.6 Å². The van der Waals surface area contributed by atoms with Gasteiger partial charge in [0.05, 0.1) is 22.3 Å². The predicted molar refractivity (Wildman–Crippen MR) is 145 cm³/mol. The highest BCUT2D eigenvalue weighted by Gasteiger charge is 2.42. The number of carboxylic acid groups (broad SMARTS) is 1. The third kappa shape index (κ3) is 5.08. The van der Waals surface area contributed by atoms with E-state index in [4.69, 9.17) is 14.9 Å². The maximum atomic E-state index is 13.6. The van der Waals surface area contributed by atoms with Crippen LogP contribution in [0.25, 0.3) is 16.6 Å². The summed E-state index contributed by atoms with van der Waals surface area (Å²) < 4.78 is 1.60. The van der Waals surface area contributed by atoms with Crippen LogP contribution in [0.1, 0.15) is 55.7 Å². The van der Waals surface area contributed by atoms with Gasteiger partial charge in [-0.25, -0.2) is 4.98 Å². The topological polar surface area (TPSA) is 114 Å². The van der Waals surface area contributed by atoms with Gasteiger partial charge in [-0.2, -0.15) is 0 Å². The van der Waals surface area contributed by atoms with Crippen LogP contribution in [-0.2, 0) is 16.1 Å². The van der Waals surface area contributed by atoms with Crippen molar-refractivity contribution in [3.8, 4) is 5.69 Å². The number of fused-ring (bicyclic) bond motifs is 1. The summed E-state index contributed by atoms with van der Waals surface area (Å²) >= 11 is 0. The van der Waals surface area contributed by atoms with Crippen LogP contribution in [0.15, 0.2) is 88.8 Å². The van der Waals surface area contributed by atoms with Gasteiger partial charge in [0.25, 0.3) is 5.56 Å². The second kappa shape index (κ2) is 10.6. The summed E-state index contributed by atoms with van der Waals surface area (Å²) in [6, 6.07) is 24.1. The summed E-state index contributed by atoms with van der Waals surface area (Å²) in [6.07, 6.45) is 1.14. The van der Waals surface area contributed by atoms with Crippen LogP contribution in [0, 0.1) is 0 Å². The molecule has 1 unspecified atom stereocenters. The van der Waals surface area contributed by atoms with Gasteiger partial charge in [0.2, 0.25) is 0 Å². The molecule has 0 spiro atoms. The van der Waals surface area contributed by atoms with E-state index < -0.39 is 17.7 Å². The van der Waals surface area contributed by atoms with E-state index in [0.29, 0.717) is 53.8 Å². The Morgan fingerprint density at radius 2 is 1.76 bits per heavy atom. The van der Waals surface area contributed by atoms with Crippen molar-refractivity contribution in [1.29, 1.82) is 0 Å². The lowest BCUT2D eigenvalue weighted by Gasteiger charge is -2.27. The molecule has 1 aliphatic heterocycles. The van der Waals surface area contributed by atoms with Gasteiger partial charge in [-0.15, -0.1) is 0 Å². The number of oxime groups is 1. The monoisotopic (exact) mass is 511 g/mol. The largest absolute Gasteiger partial charge is 0.481 e. The number of aliphatic hydroxyl groups excluding tert-OH is 1. The lowest BCUT2D eigenvalue weighted by molar-refractivity contribution is -0.137. The Labute approximate surface area is 219 Å². The molecular weight excluding hydrogens is 482 g/mol. The summed E-state index contributed by atoms with van der Waals surface area (Å²) in [5.74, 6) is -0.268.